The highest BCUT2D eigenvalue weighted by molar-refractivity contribution is 9.09. The summed E-state index contributed by atoms with van der Waals surface area (Å²) in [7, 11) is 3.37. The largest absolute Gasteiger partial charge is 0.353 e. The summed E-state index contributed by atoms with van der Waals surface area (Å²) in [5.74, 6) is -0.270. The minimum absolute atomic E-state index is 0.270. The number of hydrogen-bond donors (Lipinski definition) is 0. The van der Waals surface area contributed by atoms with Crippen LogP contribution >= 0.6 is 15.9 Å². The van der Waals surface area contributed by atoms with Crippen LogP contribution < -0.4 is 0 Å². The van der Waals surface area contributed by atoms with Crippen molar-refractivity contribution in [1.82, 2.24) is 0 Å². The highest BCUT2D eigenvalue weighted by atomic mass is 79.9. The van der Waals surface area contributed by atoms with E-state index < -0.39 is 0 Å². The number of ether oxygens (including phenoxy) is 2. The van der Waals surface area contributed by atoms with Gasteiger partial charge >= 0.3 is 0 Å². The summed E-state index contributed by atoms with van der Waals surface area (Å²) >= 11 is 3.46. The third-order valence-corrected chi connectivity index (χ3v) is 2.46. The molecule has 0 spiro atoms. The average Bonchev–Trinajstić information content (AvgIpc) is 1.81. The Morgan fingerprint density at radius 2 is 1.78 bits per heavy atom. The second-order valence-electron chi connectivity index (χ2n) is 2.32. The summed E-state index contributed by atoms with van der Waals surface area (Å²) in [4.78, 5) is 0.581. The van der Waals surface area contributed by atoms with Gasteiger partial charge < -0.3 is 9.47 Å². The Balaban J connectivity index is 2.36. The molecule has 0 aromatic carbocycles. The van der Waals surface area contributed by atoms with Crippen molar-refractivity contribution in [3.8, 4) is 0 Å². The van der Waals surface area contributed by atoms with Crippen LogP contribution in [-0.2, 0) is 9.47 Å². The van der Waals surface area contributed by atoms with E-state index in [9.17, 15) is 0 Å². The Morgan fingerprint density at radius 3 is 1.89 bits per heavy atom. The van der Waals surface area contributed by atoms with Crippen LogP contribution in [-0.4, -0.2) is 24.8 Å². The number of methoxy groups -OCH3 is 2. The van der Waals surface area contributed by atoms with Crippen molar-refractivity contribution in [2.75, 3.05) is 14.2 Å². The van der Waals surface area contributed by atoms with Crippen molar-refractivity contribution in [2.24, 2.45) is 0 Å². The van der Waals surface area contributed by atoms with E-state index in [-0.39, 0.29) is 5.79 Å². The molecule has 1 aliphatic rings. The van der Waals surface area contributed by atoms with Gasteiger partial charge in [0, 0.05) is 31.9 Å². The molecule has 0 aliphatic heterocycles. The molecule has 0 radical (unpaired) electrons. The molecule has 1 rings (SSSR count). The van der Waals surface area contributed by atoms with Crippen LogP contribution in [0.5, 0.6) is 0 Å². The van der Waals surface area contributed by atoms with Crippen molar-refractivity contribution in [3.05, 3.63) is 0 Å². The Hall–Kier alpha value is 0.400. The van der Waals surface area contributed by atoms with Gasteiger partial charge in [-0.25, -0.2) is 0 Å². The fourth-order valence-corrected chi connectivity index (χ4v) is 2.02. The molecule has 0 saturated heterocycles. The maximum Gasteiger partial charge on any atom is 0.169 e. The number of rotatable bonds is 2. The molecule has 1 saturated carbocycles. The standard InChI is InChI=1S/C6H11BrO2/c1-8-6(9-2)3-5(7)4-6/h5H,3-4H2,1-2H3. The van der Waals surface area contributed by atoms with Crippen molar-refractivity contribution in [1.29, 1.82) is 0 Å². The minimum atomic E-state index is -0.270. The molecule has 0 amide bonds. The number of hydrogen-bond acceptors (Lipinski definition) is 2. The first-order valence-corrected chi connectivity index (χ1v) is 3.88. The van der Waals surface area contributed by atoms with Crippen molar-refractivity contribution in [2.45, 2.75) is 23.5 Å². The second kappa shape index (κ2) is 2.56. The maximum absolute atomic E-state index is 5.14. The van der Waals surface area contributed by atoms with Gasteiger partial charge in [-0.1, -0.05) is 15.9 Å². The zero-order valence-corrected chi connectivity index (χ0v) is 7.27. The third-order valence-electron chi connectivity index (χ3n) is 1.81. The summed E-state index contributed by atoms with van der Waals surface area (Å²) in [6, 6.07) is 0. The lowest BCUT2D eigenvalue weighted by atomic mass is 9.91. The van der Waals surface area contributed by atoms with Crippen LogP contribution in [0.3, 0.4) is 0 Å². The summed E-state index contributed by atoms with van der Waals surface area (Å²) < 4.78 is 10.3. The van der Waals surface area contributed by atoms with E-state index in [1.54, 1.807) is 14.2 Å². The van der Waals surface area contributed by atoms with Gasteiger partial charge in [0.1, 0.15) is 0 Å². The molecular formula is C6H11BrO2. The lowest BCUT2D eigenvalue weighted by molar-refractivity contribution is -0.245. The van der Waals surface area contributed by atoms with Gasteiger partial charge in [-0.3, -0.25) is 0 Å². The number of halogens is 1. The monoisotopic (exact) mass is 194 g/mol. The van der Waals surface area contributed by atoms with Crippen LogP contribution in [0.2, 0.25) is 0 Å². The van der Waals surface area contributed by atoms with Gasteiger partial charge in [0.15, 0.2) is 5.79 Å². The molecule has 0 unspecified atom stereocenters. The number of alkyl halides is 1. The fourth-order valence-electron chi connectivity index (χ4n) is 1.03. The summed E-state index contributed by atoms with van der Waals surface area (Å²) in [6.07, 6.45) is 1.92. The molecule has 9 heavy (non-hydrogen) atoms. The van der Waals surface area contributed by atoms with Gasteiger partial charge in [-0.2, -0.15) is 0 Å². The Morgan fingerprint density at radius 1 is 1.33 bits per heavy atom. The molecule has 0 heterocycles. The second-order valence-corrected chi connectivity index (χ2v) is 3.62. The zero-order valence-electron chi connectivity index (χ0n) is 5.69. The van der Waals surface area contributed by atoms with Gasteiger partial charge in [-0.05, 0) is 0 Å². The van der Waals surface area contributed by atoms with E-state index in [1.807, 2.05) is 0 Å². The summed E-state index contributed by atoms with van der Waals surface area (Å²) in [5.41, 5.74) is 0. The maximum atomic E-state index is 5.14. The quantitative estimate of drug-likeness (QED) is 0.491. The fraction of sp³-hybridized carbons (Fsp3) is 1.00. The SMILES string of the molecule is COC1(OC)CC(Br)C1. The van der Waals surface area contributed by atoms with E-state index in [1.165, 1.54) is 0 Å². The minimum Gasteiger partial charge on any atom is -0.353 e. The van der Waals surface area contributed by atoms with E-state index >= 15 is 0 Å². The molecule has 0 bridgehead atoms. The van der Waals surface area contributed by atoms with Crippen LogP contribution in [0.15, 0.2) is 0 Å². The van der Waals surface area contributed by atoms with E-state index in [4.69, 9.17) is 9.47 Å². The predicted octanol–water partition coefficient (Wildman–Crippen LogP) is 1.53. The van der Waals surface area contributed by atoms with E-state index in [0.717, 1.165) is 12.8 Å². The zero-order chi connectivity index (χ0) is 6.91. The van der Waals surface area contributed by atoms with Crippen LogP contribution in [0.1, 0.15) is 12.8 Å². The van der Waals surface area contributed by atoms with E-state index in [0.29, 0.717) is 4.83 Å². The van der Waals surface area contributed by atoms with Gasteiger partial charge in [0.05, 0.1) is 0 Å². The molecule has 1 fully saturated rings. The van der Waals surface area contributed by atoms with Crippen molar-refractivity contribution >= 4 is 15.9 Å². The lowest BCUT2D eigenvalue weighted by Gasteiger charge is -2.42. The molecule has 1 aliphatic carbocycles. The van der Waals surface area contributed by atoms with Gasteiger partial charge in [-0.15, -0.1) is 0 Å². The molecule has 0 N–H and O–H groups in total. The molecular weight excluding hydrogens is 184 g/mol. The Labute approximate surface area is 63.7 Å². The van der Waals surface area contributed by atoms with E-state index in [2.05, 4.69) is 15.9 Å². The summed E-state index contributed by atoms with van der Waals surface area (Å²) in [6.45, 7) is 0. The molecule has 2 nitrogen and oxygen atoms in total. The van der Waals surface area contributed by atoms with Crippen LogP contribution in [0.25, 0.3) is 0 Å². The molecule has 0 aromatic heterocycles. The average molecular weight is 195 g/mol. The van der Waals surface area contributed by atoms with Crippen LogP contribution in [0, 0.1) is 0 Å². The molecule has 3 heteroatoms. The first-order chi connectivity index (χ1) is 4.22. The highest BCUT2D eigenvalue weighted by Gasteiger charge is 2.43. The van der Waals surface area contributed by atoms with Gasteiger partial charge in [0.25, 0.3) is 0 Å². The topological polar surface area (TPSA) is 18.5 Å². The van der Waals surface area contributed by atoms with Crippen molar-refractivity contribution < 1.29 is 9.47 Å². The molecule has 0 atom stereocenters. The Kier molecular flexibility index (Phi) is 2.14. The molecule has 54 valence electrons. The van der Waals surface area contributed by atoms with Gasteiger partial charge in [0.2, 0.25) is 0 Å². The lowest BCUT2D eigenvalue weighted by Crippen LogP contribution is -2.47. The summed E-state index contributed by atoms with van der Waals surface area (Å²) in [5, 5.41) is 0. The normalized spacial score (nSPS) is 25.7. The first kappa shape index (κ1) is 7.51. The highest BCUT2D eigenvalue weighted by Crippen LogP contribution is 2.40. The molecule has 0 aromatic rings. The Bertz CT molecular complexity index is 93.2. The smallest absolute Gasteiger partial charge is 0.169 e. The van der Waals surface area contributed by atoms with Crippen LogP contribution in [0.4, 0.5) is 0 Å². The predicted molar refractivity (Wildman–Crippen MR) is 38.7 cm³/mol. The van der Waals surface area contributed by atoms with Crippen molar-refractivity contribution in [3.63, 3.8) is 0 Å². The first-order valence-electron chi connectivity index (χ1n) is 2.97. The third kappa shape index (κ3) is 1.28.